The SMILES string of the molecule is CC(CCCO)NC(=O)C1(C#N)CCCC1. The van der Waals surface area contributed by atoms with Crippen molar-refractivity contribution in [2.75, 3.05) is 6.61 Å². The average Bonchev–Trinajstić information content (AvgIpc) is 2.76. The molecule has 4 nitrogen and oxygen atoms in total. The minimum atomic E-state index is -0.784. The van der Waals surface area contributed by atoms with Gasteiger partial charge in [-0.25, -0.2) is 0 Å². The summed E-state index contributed by atoms with van der Waals surface area (Å²) in [7, 11) is 0. The lowest BCUT2D eigenvalue weighted by atomic mass is 9.86. The normalized spacial score (nSPS) is 20.1. The van der Waals surface area contributed by atoms with E-state index in [0.29, 0.717) is 19.3 Å². The Morgan fingerprint density at radius 2 is 2.19 bits per heavy atom. The Labute approximate surface area is 96.6 Å². The molecule has 0 aromatic heterocycles. The summed E-state index contributed by atoms with van der Waals surface area (Å²) in [4.78, 5) is 12.0. The summed E-state index contributed by atoms with van der Waals surface area (Å²) in [5.41, 5.74) is -0.784. The van der Waals surface area contributed by atoms with Gasteiger partial charge in [-0.3, -0.25) is 4.79 Å². The number of hydrogen-bond acceptors (Lipinski definition) is 3. The van der Waals surface area contributed by atoms with Gasteiger partial charge in [0.25, 0.3) is 0 Å². The number of nitrogens with one attached hydrogen (secondary N) is 1. The van der Waals surface area contributed by atoms with Crippen LogP contribution in [0.2, 0.25) is 0 Å². The van der Waals surface area contributed by atoms with Crippen molar-refractivity contribution in [3.05, 3.63) is 0 Å². The molecule has 1 amide bonds. The molecule has 0 aromatic carbocycles. The molecule has 0 saturated heterocycles. The molecule has 1 aliphatic carbocycles. The number of nitrogens with zero attached hydrogens (tertiary/aromatic N) is 1. The van der Waals surface area contributed by atoms with Crippen molar-refractivity contribution in [2.24, 2.45) is 5.41 Å². The predicted molar refractivity (Wildman–Crippen MR) is 60.4 cm³/mol. The summed E-state index contributed by atoms with van der Waals surface area (Å²) >= 11 is 0. The monoisotopic (exact) mass is 224 g/mol. The third-order valence-electron chi connectivity index (χ3n) is 3.28. The molecule has 1 fully saturated rings. The molecule has 0 spiro atoms. The Morgan fingerprint density at radius 3 is 2.69 bits per heavy atom. The highest BCUT2D eigenvalue weighted by Gasteiger charge is 2.41. The van der Waals surface area contributed by atoms with Crippen molar-refractivity contribution in [3.8, 4) is 6.07 Å². The van der Waals surface area contributed by atoms with Gasteiger partial charge in [-0.15, -0.1) is 0 Å². The summed E-state index contributed by atoms with van der Waals surface area (Å²) in [6, 6.07) is 2.21. The van der Waals surface area contributed by atoms with Crippen LogP contribution < -0.4 is 5.32 Å². The fourth-order valence-corrected chi connectivity index (χ4v) is 2.20. The molecule has 1 rings (SSSR count). The molecule has 0 radical (unpaired) electrons. The van der Waals surface area contributed by atoms with Crippen LogP contribution in [0.1, 0.15) is 45.4 Å². The topological polar surface area (TPSA) is 73.1 Å². The Balaban J connectivity index is 2.47. The second-order valence-electron chi connectivity index (χ2n) is 4.64. The Bertz CT molecular complexity index is 277. The summed E-state index contributed by atoms with van der Waals surface area (Å²) in [5.74, 6) is -0.127. The van der Waals surface area contributed by atoms with E-state index in [9.17, 15) is 4.79 Å². The van der Waals surface area contributed by atoms with Gasteiger partial charge >= 0.3 is 0 Å². The smallest absolute Gasteiger partial charge is 0.240 e. The number of carbonyl (C=O) groups is 1. The lowest BCUT2D eigenvalue weighted by molar-refractivity contribution is -0.128. The molecule has 0 aliphatic heterocycles. The van der Waals surface area contributed by atoms with Gasteiger partial charge < -0.3 is 10.4 Å². The van der Waals surface area contributed by atoms with E-state index >= 15 is 0 Å². The lowest BCUT2D eigenvalue weighted by Crippen LogP contribution is -2.42. The molecule has 0 aromatic rings. The standard InChI is InChI=1S/C12H20N2O2/c1-10(5-4-8-15)14-11(16)12(9-13)6-2-3-7-12/h10,15H,2-8H2,1H3,(H,14,16). The first kappa shape index (κ1) is 13.0. The molecule has 2 N–H and O–H groups in total. The number of rotatable bonds is 5. The van der Waals surface area contributed by atoms with Gasteiger partial charge in [0.05, 0.1) is 6.07 Å². The minimum absolute atomic E-state index is 0.0328. The predicted octanol–water partition coefficient (Wildman–Crippen LogP) is 1.35. The lowest BCUT2D eigenvalue weighted by Gasteiger charge is -2.22. The molecule has 90 valence electrons. The van der Waals surface area contributed by atoms with Crippen LogP contribution in [-0.2, 0) is 4.79 Å². The maximum atomic E-state index is 12.0. The van der Waals surface area contributed by atoms with E-state index in [4.69, 9.17) is 10.4 Å². The van der Waals surface area contributed by atoms with Crippen molar-refractivity contribution >= 4 is 5.91 Å². The maximum absolute atomic E-state index is 12.0. The highest BCUT2D eigenvalue weighted by Crippen LogP contribution is 2.37. The van der Waals surface area contributed by atoms with E-state index < -0.39 is 5.41 Å². The Hall–Kier alpha value is -1.08. The zero-order valence-electron chi connectivity index (χ0n) is 9.83. The highest BCUT2D eigenvalue weighted by molar-refractivity contribution is 5.85. The van der Waals surface area contributed by atoms with E-state index in [0.717, 1.165) is 19.3 Å². The number of amides is 1. The van der Waals surface area contributed by atoms with Gasteiger partial charge in [-0.1, -0.05) is 12.8 Å². The van der Waals surface area contributed by atoms with Gasteiger partial charge in [0, 0.05) is 12.6 Å². The van der Waals surface area contributed by atoms with Crippen LogP contribution in [0.4, 0.5) is 0 Å². The van der Waals surface area contributed by atoms with Crippen LogP contribution in [0, 0.1) is 16.7 Å². The van der Waals surface area contributed by atoms with Gasteiger partial charge in [0.2, 0.25) is 5.91 Å². The van der Waals surface area contributed by atoms with Crippen LogP contribution in [0.15, 0.2) is 0 Å². The van der Waals surface area contributed by atoms with Crippen molar-refractivity contribution < 1.29 is 9.90 Å². The van der Waals surface area contributed by atoms with Crippen LogP contribution in [0.5, 0.6) is 0 Å². The van der Waals surface area contributed by atoms with Gasteiger partial charge in [0.1, 0.15) is 5.41 Å². The van der Waals surface area contributed by atoms with Crippen LogP contribution in [0.3, 0.4) is 0 Å². The molecule has 1 aliphatic rings. The second-order valence-corrected chi connectivity index (χ2v) is 4.64. The van der Waals surface area contributed by atoms with Crippen molar-refractivity contribution in [2.45, 2.75) is 51.5 Å². The number of hydrogen-bond donors (Lipinski definition) is 2. The van der Waals surface area contributed by atoms with Crippen molar-refractivity contribution in [1.82, 2.24) is 5.32 Å². The minimum Gasteiger partial charge on any atom is -0.396 e. The average molecular weight is 224 g/mol. The van der Waals surface area contributed by atoms with E-state index in [1.165, 1.54) is 0 Å². The van der Waals surface area contributed by atoms with Gasteiger partial charge in [-0.2, -0.15) is 5.26 Å². The van der Waals surface area contributed by atoms with Gasteiger partial charge in [-0.05, 0) is 32.6 Å². The number of carbonyl (C=O) groups excluding carboxylic acids is 1. The molecule has 0 bridgehead atoms. The van der Waals surface area contributed by atoms with Crippen LogP contribution in [-0.4, -0.2) is 23.7 Å². The quantitative estimate of drug-likeness (QED) is 0.740. The first-order valence-corrected chi connectivity index (χ1v) is 5.98. The summed E-state index contributed by atoms with van der Waals surface area (Å²) in [6.07, 6.45) is 4.73. The Kier molecular flexibility index (Phi) is 4.75. The Morgan fingerprint density at radius 1 is 1.56 bits per heavy atom. The van der Waals surface area contributed by atoms with Crippen molar-refractivity contribution in [1.29, 1.82) is 5.26 Å². The van der Waals surface area contributed by atoms with Crippen LogP contribution >= 0.6 is 0 Å². The fourth-order valence-electron chi connectivity index (χ4n) is 2.20. The second kappa shape index (κ2) is 5.86. The molecule has 0 heterocycles. The molecule has 16 heavy (non-hydrogen) atoms. The first-order valence-electron chi connectivity index (χ1n) is 5.98. The summed E-state index contributed by atoms with van der Waals surface area (Å²) in [5, 5.41) is 20.7. The number of aliphatic hydroxyl groups excluding tert-OH is 1. The fraction of sp³-hybridized carbons (Fsp3) is 0.833. The highest BCUT2D eigenvalue weighted by atomic mass is 16.3. The summed E-state index contributed by atoms with van der Waals surface area (Å²) in [6.45, 7) is 2.05. The zero-order chi connectivity index (χ0) is 12.0. The van der Waals surface area contributed by atoms with Crippen molar-refractivity contribution in [3.63, 3.8) is 0 Å². The molecule has 4 heteroatoms. The first-order chi connectivity index (χ1) is 7.64. The maximum Gasteiger partial charge on any atom is 0.240 e. The molecular formula is C12H20N2O2. The molecular weight excluding hydrogens is 204 g/mol. The van der Waals surface area contributed by atoms with E-state index in [1.54, 1.807) is 0 Å². The van der Waals surface area contributed by atoms with E-state index in [-0.39, 0.29) is 18.6 Å². The van der Waals surface area contributed by atoms with E-state index in [2.05, 4.69) is 11.4 Å². The largest absolute Gasteiger partial charge is 0.396 e. The number of nitriles is 1. The zero-order valence-corrected chi connectivity index (χ0v) is 9.83. The number of aliphatic hydroxyl groups is 1. The van der Waals surface area contributed by atoms with Crippen LogP contribution in [0.25, 0.3) is 0 Å². The molecule has 1 atom stereocenters. The third kappa shape index (κ3) is 2.96. The van der Waals surface area contributed by atoms with E-state index in [1.807, 2.05) is 6.92 Å². The molecule has 1 unspecified atom stereocenters. The summed E-state index contributed by atoms with van der Waals surface area (Å²) < 4.78 is 0. The third-order valence-corrected chi connectivity index (χ3v) is 3.28. The van der Waals surface area contributed by atoms with Gasteiger partial charge in [0.15, 0.2) is 0 Å². The molecule has 1 saturated carbocycles.